The van der Waals surface area contributed by atoms with Crippen molar-refractivity contribution in [2.75, 3.05) is 12.8 Å². The van der Waals surface area contributed by atoms with E-state index in [2.05, 4.69) is 10.3 Å². The van der Waals surface area contributed by atoms with E-state index in [9.17, 15) is 22.4 Å². The van der Waals surface area contributed by atoms with Crippen LogP contribution in [0.5, 0.6) is 11.5 Å². The van der Waals surface area contributed by atoms with Gasteiger partial charge in [0.25, 0.3) is 5.91 Å². The molecule has 0 saturated carbocycles. The summed E-state index contributed by atoms with van der Waals surface area (Å²) >= 11 is 0. The summed E-state index contributed by atoms with van der Waals surface area (Å²) in [6.07, 6.45) is -4.82. The zero-order valence-corrected chi connectivity index (χ0v) is 16.9. The van der Waals surface area contributed by atoms with Gasteiger partial charge in [-0.25, -0.2) is 9.37 Å². The molecule has 1 heterocycles. The van der Waals surface area contributed by atoms with Crippen molar-refractivity contribution >= 4 is 11.7 Å². The molecule has 0 aliphatic rings. The second-order valence-electron chi connectivity index (χ2n) is 6.74. The first-order chi connectivity index (χ1) is 15.2. The molecule has 0 spiro atoms. The third kappa shape index (κ3) is 5.73. The van der Waals surface area contributed by atoms with E-state index in [1.807, 2.05) is 0 Å². The molecule has 3 rings (SSSR count). The summed E-state index contributed by atoms with van der Waals surface area (Å²) in [5.41, 5.74) is 5.95. The number of nitrogens with two attached hydrogens (primary N) is 1. The fourth-order valence-electron chi connectivity index (χ4n) is 2.81. The van der Waals surface area contributed by atoms with Crippen LogP contribution in [-0.4, -0.2) is 18.0 Å². The monoisotopic (exact) mass is 449 g/mol. The van der Waals surface area contributed by atoms with Crippen LogP contribution in [0.1, 0.15) is 27.2 Å². The van der Waals surface area contributed by atoms with Gasteiger partial charge in [0.1, 0.15) is 23.1 Å². The Balaban J connectivity index is 1.61. The van der Waals surface area contributed by atoms with Crippen molar-refractivity contribution in [3.8, 4) is 11.5 Å². The molecule has 3 N–H and O–H groups in total. The maximum atomic E-state index is 13.4. The van der Waals surface area contributed by atoms with Gasteiger partial charge in [-0.2, -0.15) is 13.2 Å². The molecule has 1 aromatic heterocycles. The van der Waals surface area contributed by atoms with E-state index in [0.29, 0.717) is 23.4 Å². The number of pyridine rings is 1. The molecule has 2 aromatic carbocycles. The average molecular weight is 449 g/mol. The number of nitrogens with zero attached hydrogens (tertiary/aromatic N) is 1. The first-order valence-corrected chi connectivity index (χ1v) is 9.33. The number of methoxy groups -OCH3 is 1. The van der Waals surface area contributed by atoms with Crippen LogP contribution in [0, 0.1) is 5.82 Å². The topological polar surface area (TPSA) is 86.5 Å². The summed E-state index contributed by atoms with van der Waals surface area (Å²) in [5, 5.41) is 2.71. The van der Waals surface area contributed by atoms with Gasteiger partial charge < -0.3 is 20.5 Å². The molecule has 10 heteroatoms. The smallest absolute Gasteiger partial charge is 0.419 e. The Hall–Kier alpha value is -3.66. The Morgan fingerprint density at radius 1 is 1.06 bits per heavy atom. The lowest BCUT2D eigenvalue weighted by molar-refractivity contribution is -0.140. The van der Waals surface area contributed by atoms with Crippen molar-refractivity contribution in [1.29, 1.82) is 0 Å². The predicted molar refractivity (Wildman–Crippen MR) is 108 cm³/mol. The van der Waals surface area contributed by atoms with Gasteiger partial charge in [-0.1, -0.05) is 12.1 Å². The maximum absolute atomic E-state index is 13.4. The molecule has 0 radical (unpaired) electrons. The van der Waals surface area contributed by atoms with Gasteiger partial charge in [-0.15, -0.1) is 0 Å². The summed E-state index contributed by atoms with van der Waals surface area (Å²) in [6, 6.07) is 11.9. The highest BCUT2D eigenvalue weighted by atomic mass is 19.4. The number of nitrogens with one attached hydrogen (secondary N) is 1. The molecule has 1 amide bonds. The highest BCUT2D eigenvalue weighted by molar-refractivity contribution is 5.98. The molecule has 32 heavy (non-hydrogen) atoms. The molecule has 0 saturated heterocycles. The van der Waals surface area contributed by atoms with Gasteiger partial charge in [0.05, 0.1) is 23.4 Å². The maximum Gasteiger partial charge on any atom is 0.419 e. The van der Waals surface area contributed by atoms with Gasteiger partial charge in [0.15, 0.2) is 0 Å². The van der Waals surface area contributed by atoms with Crippen LogP contribution in [0.4, 0.5) is 23.4 Å². The lowest BCUT2D eigenvalue weighted by atomic mass is 10.2. The van der Waals surface area contributed by atoms with Crippen LogP contribution in [0.2, 0.25) is 0 Å². The van der Waals surface area contributed by atoms with Crippen LogP contribution in [-0.2, 0) is 24.1 Å². The third-order valence-corrected chi connectivity index (χ3v) is 4.37. The van der Waals surface area contributed by atoms with Crippen molar-refractivity contribution in [3.63, 3.8) is 0 Å². The van der Waals surface area contributed by atoms with Crippen molar-refractivity contribution in [2.24, 2.45) is 0 Å². The van der Waals surface area contributed by atoms with E-state index in [1.54, 1.807) is 24.3 Å². The van der Waals surface area contributed by atoms with E-state index in [4.69, 9.17) is 15.2 Å². The van der Waals surface area contributed by atoms with Crippen molar-refractivity contribution in [1.82, 2.24) is 10.3 Å². The number of carbonyl (C=O) groups excluding carboxylic acids is 1. The molecule has 0 fully saturated rings. The van der Waals surface area contributed by atoms with Crippen molar-refractivity contribution < 1.29 is 31.8 Å². The number of nitrogen functional groups attached to an aromatic ring is 1. The molecule has 168 valence electrons. The van der Waals surface area contributed by atoms with Crippen LogP contribution in [0.3, 0.4) is 0 Å². The second-order valence-corrected chi connectivity index (χ2v) is 6.74. The molecular weight excluding hydrogens is 430 g/mol. The summed E-state index contributed by atoms with van der Waals surface area (Å²) in [5.74, 6) is -1.61. The van der Waals surface area contributed by atoms with Crippen LogP contribution in [0.15, 0.2) is 54.6 Å². The van der Waals surface area contributed by atoms with Crippen molar-refractivity contribution in [3.05, 3.63) is 82.8 Å². The number of carbonyl (C=O) groups is 1. The number of halogens is 4. The number of hydrogen-bond acceptors (Lipinski definition) is 5. The van der Waals surface area contributed by atoms with Crippen LogP contribution >= 0.6 is 0 Å². The van der Waals surface area contributed by atoms with Gasteiger partial charge in [0.2, 0.25) is 0 Å². The number of rotatable bonds is 7. The molecule has 6 nitrogen and oxygen atoms in total. The van der Waals surface area contributed by atoms with E-state index in [-0.39, 0.29) is 36.0 Å². The van der Waals surface area contributed by atoms with E-state index in [1.165, 1.54) is 19.2 Å². The Kier molecular flexibility index (Phi) is 6.94. The SMILES string of the molecule is COCc1ccc(C(=O)NCc2ccc(Oc3ccc(F)c(C(F)(F)F)c3)cc2)c(N)n1. The fourth-order valence-corrected chi connectivity index (χ4v) is 2.81. The molecule has 0 bridgehead atoms. The second kappa shape index (κ2) is 9.65. The number of amides is 1. The lowest BCUT2D eigenvalue weighted by Gasteiger charge is -2.12. The summed E-state index contributed by atoms with van der Waals surface area (Å²) in [7, 11) is 1.52. The minimum Gasteiger partial charge on any atom is -0.457 e. The molecule has 0 aliphatic carbocycles. The predicted octanol–water partition coefficient (Wildman–Crippen LogP) is 4.69. The first-order valence-electron chi connectivity index (χ1n) is 9.33. The Bertz CT molecular complexity index is 1100. The average Bonchev–Trinajstić information content (AvgIpc) is 2.74. The minimum absolute atomic E-state index is 0.0818. The largest absolute Gasteiger partial charge is 0.457 e. The van der Waals surface area contributed by atoms with Crippen LogP contribution in [0.25, 0.3) is 0 Å². The number of ether oxygens (including phenoxy) is 2. The zero-order chi connectivity index (χ0) is 23.3. The number of alkyl halides is 3. The van der Waals surface area contributed by atoms with Gasteiger partial charge >= 0.3 is 6.18 Å². The van der Waals surface area contributed by atoms with Gasteiger partial charge in [-0.3, -0.25) is 4.79 Å². The third-order valence-electron chi connectivity index (χ3n) is 4.37. The van der Waals surface area contributed by atoms with E-state index >= 15 is 0 Å². The molecule has 0 unspecified atom stereocenters. The summed E-state index contributed by atoms with van der Waals surface area (Å²) < 4.78 is 62.2. The van der Waals surface area contributed by atoms with Gasteiger partial charge in [-0.05, 0) is 48.0 Å². The number of hydrogen-bond donors (Lipinski definition) is 2. The first kappa shape index (κ1) is 23.0. The quantitative estimate of drug-likeness (QED) is 0.511. The Morgan fingerprint density at radius 2 is 1.75 bits per heavy atom. The fraction of sp³-hybridized carbons (Fsp3) is 0.182. The zero-order valence-electron chi connectivity index (χ0n) is 16.9. The Labute approximate surface area is 181 Å². The highest BCUT2D eigenvalue weighted by Gasteiger charge is 2.34. The van der Waals surface area contributed by atoms with Crippen LogP contribution < -0.4 is 15.8 Å². The minimum atomic E-state index is -4.82. The standard InChI is InChI=1S/C22H19F4N3O3/c1-31-12-14-4-8-17(20(27)29-14)21(30)28-11-13-2-5-15(6-3-13)32-16-7-9-19(23)18(10-16)22(24,25)26/h2-10H,11-12H2,1H3,(H2,27,29)(H,28,30). The van der Waals surface area contributed by atoms with E-state index < -0.39 is 23.5 Å². The van der Waals surface area contributed by atoms with Crippen molar-refractivity contribution in [2.45, 2.75) is 19.3 Å². The summed E-state index contributed by atoms with van der Waals surface area (Å²) in [4.78, 5) is 16.4. The van der Waals surface area contributed by atoms with E-state index in [0.717, 1.165) is 6.07 Å². The molecule has 3 aromatic rings. The molecule has 0 aliphatic heterocycles. The Morgan fingerprint density at radius 3 is 2.38 bits per heavy atom. The van der Waals surface area contributed by atoms with Gasteiger partial charge in [0, 0.05) is 13.7 Å². The lowest BCUT2D eigenvalue weighted by Crippen LogP contribution is -2.24. The number of aromatic nitrogens is 1. The molecule has 0 atom stereocenters. The number of benzene rings is 2. The normalized spacial score (nSPS) is 11.3. The highest BCUT2D eigenvalue weighted by Crippen LogP contribution is 2.34. The molecular formula is C22H19F4N3O3. The summed E-state index contributed by atoms with van der Waals surface area (Å²) in [6.45, 7) is 0.448. The number of anilines is 1.